The summed E-state index contributed by atoms with van der Waals surface area (Å²) in [4.78, 5) is 22.5. The normalized spacial score (nSPS) is 12.1. The highest BCUT2D eigenvalue weighted by atomic mass is 32.2. The van der Waals surface area contributed by atoms with Crippen molar-refractivity contribution in [1.82, 2.24) is 5.32 Å². The van der Waals surface area contributed by atoms with Crippen LogP contribution >= 0.6 is 11.8 Å². The number of nitrogens with one attached hydrogen (secondary N) is 1. The molecule has 0 saturated heterocycles. The number of carbonyl (C=O) groups is 2. The molecule has 1 amide bonds. The first-order valence-electron chi connectivity index (χ1n) is 6.20. The van der Waals surface area contributed by atoms with Gasteiger partial charge in [-0.1, -0.05) is 13.3 Å². The highest BCUT2D eigenvalue weighted by Gasteiger charge is 2.18. The van der Waals surface area contributed by atoms with E-state index in [-0.39, 0.29) is 5.91 Å². The quantitative estimate of drug-likeness (QED) is 0.560. The minimum Gasteiger partial charge on any atom is -0.480 e. The van der Waals surface area contributed by atoms with Gasteiger partial charge < -0.3 is 15.2 Å². The Morgan fingerprint density at radius 1 is 1.39 bits per heavy atom. The van der Waals surface area contributed by atoms with E-state index in [1.54, 1.807) is 7.11 Å². The molecule has 0 saturated carbocycles. The Labute approximate surface area is 113 Å². The number of aliphatic carboxylic acids is 1. The summed E-state index contributed by atoms with van der Waals surface area (Å²) in [6.45, 7) is 2.60. The van der Waals surface area contributed by atoms with Gasteiger partial charge in [-0.15, -0.1) is 0 Å². The molecule has 0 bridgehead atoms. The Morgan fingerprint density at radius 2 is 2.11 bits per heavy atom. The minimum atomic E-state index is -0.988. The number of carboxylic acids is 1. The Bertz CT molecular complexity index is 248. The zero-order valence-electron chi connectivity index (χ0n) is 11.1. The number of methoxy groups -OCH3 is 1. The second-order valence-electron chi connectivity index (χ2n) is 4.00. The topological polar surface area (TPSA) is 75.6 Å². The van der Waals surface area contributed by atoms with E-state index in [4.69, 9.17) is 9.84 Å². The Morgan fingerprint density at radius 3 is 2.67 bits per heavy atom. The smallest absolute Gasteiger partial charge is 0.326 e. The zero-order valence-corrected chi connectivity index (χ0v) is 11.9. The molecule has 18 heavy (non-hydrogen) atoms. The van der Waals surface area contributed by atoms with Gasteiger partial charge in [0.15, 0.2) is 0 Å². The van der Waals surface area contributed by atoms with E-state index in [2.05, 4.69) is 12.2 Å². The molecule has 0 fully saturated rings. The third-order valence-corrected chi connectivity index (χ3v) is 3.39. The molecule has 0 aliphatic carbocycles. The van der Waals surface area contributed by atoms with Crippen LogP contribution in [0.4, 0.5) is 0 Å². The second-order valence-corrected chi connectivity index (χ2v) is 5.10. The van der Waals surface area contributed by atoms with Gasteiger partial charge in [0.25, 0.3) is 0 Å². The van der Waals surface area contributed by atoms with Gasteiger partial charge in [0, 0.05) is 13.7 Å². The Kier molecular flexibility index (Phi) is 10.9. The summed E-state index contributed by atoms with van der Waals surface area (Å²) in [6.07, 6.45) is 3.20. The summed E-state index contributed by atoms with van der Waals surface area (Å²) < 4.78 is 4.86. The maximum atomic E-state index is 11.5. The van der Waals surface area contributed by atoms with Crippen molar-refractivity contribution in [3.63, 3.8) is 0 Å². The molecular weight excluding hydrogens is 254 g/mol. The van der Waals surface area contributed by atoms with Crippen LogP contribution in [-0.4, -0.2) is 48.2 Å². The van der Waals surface area contributed by atoms with E-state index >= 15 is 0 Å². The van der Waals surface area contributed by atoms with Gasteiger partial charge in [-0.3, -0.25) is 4.79 Å². The SMILES string of the molecule is CCCCSCC(=O)NC(CCCOC)C(=O)O. The monoisotopic (exact) mass is 277 g/mol. The summed E-state index contributed by atoms with van der Waals surface area (Å²) in [7, 11) is 1.57. The number of carbonyl (C=O) groups excluding carboxylic acids is 1. The number of hydrogen-bond donors (Lipinski definition) is 2. The van der Waals surface area contributed by atoms with Crippen LogP contribution in [0.5, 0.6) is 0 Å². The molecule has 0 rings (SSSR count). The predicted octanol–water partition coefficient (Wildman–Crippen LogP) is 1.52. The Hall–Kier alpha value is -0.750. The number of hydrogen-bond acceptors (Lipinski definition) is 4. The van der Waals surface area contributed by atoms with E-state index in [9.17, 15) is 9.59 Å². The summed E-state index contributed by atoms with van der Waals surface area (Å²) in [5.41, 5.74) is 0. The van der Waals surface area contributed by atoms with Gasteiger partial charge in [-0.2, -0.15) is 11.8 Å². The summed E-state index contributed by atoms with van der Waals surface area (Å²) in [5.74, 6) is 0.0679. The van der Waals surface area contributed by atoms with Crippen LogP contribution in [0.3, 0.4) is 0 Å². The van der Waals surface area contributed by atoms with Gasteiger partial charge in [0.2, 0.25) is 5.91 Å². The van der Waals surface area contributed by atoms with Gasteiger partial charge in [0.1, 0.15) is 6.04 Å². The van der Waals surface area contributed by atoms with Crippen LogP contribution < -0.4 is 5.32 Å². The third kappa shape index (κ3) is 9.30. The first kappa shape index (κ1) is 17.2. The van der Waals surface area contributed by atoms with E-state index in [1.807, 2.05) is 0 Å². The van der Waals surface area contributed by atoms with Crippen molar-refractivity contribution in [3.05, 3.63) is 0 Å². The number of rotatable bonds is 11. The molecule has 0 aliphatic rings. The summed E-state index contributed by atoms with van der Waals surface area (Å²) in [6, 6.07) is -0.806. The largest absolute Gasteiger partial charge is 0.480 e. The lowest BCUT2D eigenvalue weighted by Gasteiger charge is -2.14. The molecule has 106 valence electrons. The van der Waals surface area contributed by atoms with Crippen molar-refractivity contribution in [2.75, 3.05) is 25.2 Å². The molecule has 0 aromatic rings. The minimum absolute atomic E-state index is 0.207. The van der Waals surface area contributed by atoms with Crippen LogP contribution in [-0.2, 0) is 14.3 Å². The van der Waals surface area contributed by atoms with E-state index in [0.717, 1.165) is 18.6 Å². The fraction of sp³-hybridized carbons (Fsp3) is 0.833. The van der Waals surface area contributed by atoms with Gasteiger partial charge in [-0.25, -0.2) is 4.79 Å². The number of amides is 1. The van der Waals surface area contributed by atoms with Crippen LogP contribution in [0.15, 0.2) is 0 Å². The lowest BCUT2D eigenvalue weighted by Crippen LogP contribution is -2.41. The molecule has 0 radical (unpaired) electrons. The van der Waals surface area contributed by atoms with Crippen LogP contribution in [0, 0.1) is 0 Å². The number of unbranched alkanes of at least 4 members (excludes halogenated alkanes) is 1. The highest BCUT2D eigenvalue weighted by molar-refractivity contribution is 7.99. The summed E-state index contributed by atoms with van der Waals surface area (Å²) >= 11 is 1.54. The summed E-state index contributed by atoms with van der Waals surface area (Å²) in [5, 5.41) is 11.5. The van der Waals surface area contributed by atoms with Crippen molar-refractivity contribution in [2.24, 2.45) is 0 Å². The molecule has 0 aromatic heterocycles. The maximum absolute atomic E-state index is 11.5. The molecule has 1 unspecified atom stereocenters. The van der Waals surface area contributed by atoms with Crippen LogP contribution in [0.2, 0.25) is 0 Å². The van der Waals surface area contributed by atoms with Crippen LogP contribution in [0.1, 0.15) is 32.6 Å². The molecule has 1 atom stereocenters. The van der Waals surface area contributed by atoms with Gasteiger partial charge in [-0.05, 0) is 25.0 Å². The molecule has 0 heterocycles. The lowest BCUT2D eigenvalue weighted by atomic mass is 10.1. The predicted molar refractivity (Wildman–Crippen MR) is 72.9 cm³/mol. The fourth-order valence-electron chi connectivity index (χ4n) is 1.34. The van der Waals surface area contributed by atoms with E-state index < -0.39 is 12.0 Å². The highest BCUT2D eigenvalue weighted by Crippen LogP contribution is 2.05. The Balaban J connectivity index is 3.85. The molecule has 6 heteroatoms. The molecule has 5 nitrogen and oxygen atoms in total. The van der Waals surface area contributed by atoms with Crippen molar-refractivity contribution >= 4 is 23.6 Å². The third-order valence-electron chi connectivity index (χ3n) is 2.35. The zero-order chi connectivity index (χ0) is 13.8. The number of ether oxygens (including phenoxy) is 1. The van der Waals surface area contributed by atoms with Gasteiger partial charge >= 0.3 is 5.97 Å². The second kappa shape index (κ2) is 11.3. The first-order chi connectivity index (χ1) is 8.61. The molecular formula is C12H23NO4S. The molecule has 0 aliphatic heterocycles. The standard InChI is InChI=1S/C12H23NO4S/c1-3-4-8-18-9-11(14)13-10(12(15)16)6-5-7-17-2/h10H,3-9H2,1-2H3,(H,13,14)(H,15,16). The number of carboxylic acid groups (broad SMARTS) is 1. The molecule has 0 aromatic carbocycles. The van der Waals surface area contributed by atoms with Crippen molar-refractivity contribution in [2.45, 2.75) is 38.6 Å². The first-order valence-corrected chi connectivity index (χ1v) is 7.36. The van der Waals surface area contributed by atoms with E-state index in [1.165, 1.54) is 11.8 Å². The average molecular weight is 277 g/mol. The van der Waals surface area contributed by atoms with Crippen LogP contribution in [0.25, 0.3) is 0 Å². The van der Waals surface area contributed by atoms with Crippen molar-refractivity contribution in [1.29, 1.82) is 0 Å². The molecule has 0 spiro atoms. The number of thioether (sulfide) groups is 1. The molecule has 2 N–H and O–H groups in total. The van der Waals surface area contributed by atoms with Crippen molar-refractivity contribution in [3.8, 4) is 0 Å². The fourth-order valence-corrected chi connectivity index (χ4v) is 2.24. The van der Waals surface area contributed by atoms with Gasteiger partial charge in [0.05, 0.1) is 5.75 Å². The maximum Gasteiger partial charge on any atom is 0.326 e. The van der Waals surface area contributed by atoms with Crippen molar-refractivity contribution < 1.29 is 19.4 Å². The average Bonchev–Trinajstić information content (AvgIpc) is 2.33. The lowest BCUT2D eigenvalue weighted by molar-refractivity contribution is -0.141. The van der Waals surface area contributed by atoms with E-state index in [0.29, 0.717) is 25.2 Å².